The van der Waals surface area contributed by atoms with Gasteiger partial charge in [0.25, 0.3) is 6.43 Å². The summed E-state index contributed by atoms with van der Waals surface area (Å²) in [6, 6.07) is 4.44. The van der Waals surface area contributed by atoms with E-state index in [-0.39, 0.29) is 28.6 Å². The van der Waals surface area contributed by atoms with Crippen molar-refractivity contribution in [2.75, 3.05) is 6.61 Å². The third-order valence-electron chi connectivity index (χ3n) is 2.24. The molecule has 1 aromatic rings. The molecule has 0 aliphatic heterocycles. The molecule has 0 saturated carbocycles. The number of alkyl halides is 2. The van der Waals surface area contributed by atoms with Gasteiger partial charge in [-0.3, -0.25) is 4.79 Å². The number of carbonyl (C=O) groups excluding carboxylic acids is 1. The van der Waals surface area contributed by atoms with Crippen molar-refractivity contribution in [2.24, 2.45) is 0 Å². The first-order valence-electron chi connectivity index (χ1n) is 5.16. The highest BCUT2D eigenvalue weighted by Gasteiger charge is 2.20. The van der Waals surface area contributed by atoms with Crippen LogP contribution in [0.15, 0.2) is 16.6 Å². The van der Waals surface area contributed by atoms with Crippen molar-refractivity contribution in [1.82, 2.24) is 0 Å². The molecule has 0 aliphatic rings. The van der Waals surface area contributed by atoms with E-state index in [1.807, 2.05) is 0 Å². The molecule has 1 aromatic carbocycles. The zero-order chi connectivity index (χ0) is 13.7. The second kappa shape index (κ2) is 6.45. The first kappa shape index (κ1) is 14.6. The summed E-state index contributed by atoms with van der Waals surface area (Å²) in [6.07, 6.45) is -2.89. The highest BCUT2D eigenvalue weighted by molar-refractivity contribution is 9.10. The summed E-state index contributed by atoms with van der Waals surface area (Å²) in [7, 11) is 0. The molecular weight excluding hydrogens is 308 g/mol. The Balaban J connectivity index is 3.13. The number of rotatable bonds is 4. The molecular formula is C12H10BrF2NO2. The van der Waals surface area contributed by atoms with E-state index in [1.165, 1.54) is 12.1 Å². The smallest absolute Gasteiger partial charge is 0.310 e. The van der Waals surface area contributed by atoms with E-state index < -0.39 is 12.4 Å². The maximum absolute atomic E-state index is 12.8. The van der Waals surface area contributed by atoms with Crippen LogP contribution in [-0.2, 0) is 16.0 Å². The normalized spacial score (nSPS) is 10.2. The molecule has 0 heterocycles. The molecule has 18 heavy (non-hydrogen) atoms. The monoisotopic (exact) mass is 317 g/mol. The maximum Gasteiger partial charge on any atom is 0.310 e. The summed E-state index contributed by atoms with van der Waals surface area (Å²) in [6.45, 7) is 1.89. The molecule has 0 spiro atoms. The lowest BCUT2D eigenvalue weighted by Crippen LogP contribution is -2.09. The van der Waals surface area contributed by atoms with Gasteiger partial charge in [-0.1, -0.05) is 6.07 Å². The second-order valence-electron chi connectivity index (χ2n) is 3.39. The van der Waals surface area contributed by atoms with Crippen molar-refractivity contribution in [3.63, 3.8) is 0 Å². The zero-order valence-corrected chi connectivity index (χ0v) is 11.1. The van der Waals surface area contributed by atoms with Crippen LogP contribution in [0.5, 0.6) is 0 Å². The Hall–Kier alpha value is -1.48. The molecule has 0 bridgehead atoms. The average molecular weight is 318 g/mol. The highest BCUT2D eigenvalue weighted by Crippen LogP contribution is 2.33. The Labute approximate surface area is 111 Å². The van der Waals surface area contributed by atoms with Gasteiger partial charge in [-0.15, -0.1) is 0 Å². The summed E-state index contributed by atoms with van der Waals surface area (Å²) in [5, 5.41) is 8.75. The van der Waals surface area contributed by atoms with Gasteiger partial charge in [-0.2, -0.15) is 5.26 Å². The Morgan fingerprint density at radius 1 is 1.56 bits per heavy atom. The summed E-state index contributed by atoms with van der Waals surface area (Å²) >= 11 is 3.01. The molecule has 0 unspecified atom stereocenters. The molecule has 6 heteroatoms. The molecule has 0 atom stereocenters. The lowest BCUT2D eigenvalue weighted by atomic mass is 10.0. The third kappa shape index (κ3) is 3.26. The minimum absolute atomic E-state index is 0.0876. The fraction of sp³-hybridized carbons (Fsp3) is 0.333. The third-order valence-corrected chi connectivity index (χ3v) is 3.17. The Bertz CT molecular complexity index is 498. The Morgan fingerprint density at radius 3 is 2.72 bits per heavy atom. The quantitative estimate of drug-likeness (QED) is 0.800. The fourth-order valence-electron chi connectivity index (χ4n) is 1.45. The van der Waals surface area contributed by atoms with Crippen LogP contribution in [0, 0.1) is 11.3 Å². The number of esters is 1. The fourth-order valence-corrected chi connectivity index (χ4v) is 2.11. The van der Waals surface area contributed by atoms with Gasteiger partial charge in [-0.05, 0) is 34.5 Å². The molecule has 96 valence electrons. The van der Waals surface area contributed by atoms with Gasteiger partial charge < -0.3 is 4.74 Å². The lowest BCUT2D eigenvalue weighted by molar-refractivity contribution is -0.142. The van der Waals surface area contributed by atoms with Gasteiger partial charge >= 0.3 is 5.97 Å². The summed E-state index contributed by atoms with van der Waals surface area (Å²) in [5.74, 6) is -0.497. The second-order valence-corrected chi connectivity index (χ2v) is 4.19. The van der Waals surface area contributed by atoms with Crippen molar-refractivity contribution >= 4 is 21.9 Å². The lowest BCUT2D eigenvalue weighted by Gasteiger charge is -2.10. The van der Waals surface area contributed by atoms with Crippen LogP contribution in [-0.4, -0.2) is 12.6 Å². The van der Waals surface area contributed by atoms with Crippen LogP contribution >= 0.6 is 15.9 Å². The number of carbonyl (C=O) groups is 1. The van der Waals surface area contributed by atoms with Crippen molar-refractivity contribution in [3.05, 3.63) is 33.3 Å². The van der Waals surface area contributed by atoms with Crippen LogP contribution in [0.1, 0.15) is 30.0 Å². The van der Waals surface area contributed by atoms with E-state index in [4.69, 9.17) is 10.00 Å². The van der Waals surface area contributed by atoms with Crippen LogP contribution in [0.2, 0.25) is 0 Å². The van der Waals surface area contributed by atoms with Gasteiger partial charge in [0.1, 0.15) is 0 Å². The van der Waals surface area contributed by atoms with E-state index in [1.54, 1.807) is 13.0 Å². The standard InChI is InChI=1S/C12H10BrF2NO2/c1-2-18-9(17)5-7-3-4-8(6-16)10(11(7)13)12(14)15/h3-4,12H,2,5H2,1H3. The SMILES string of the molecule is CCOC(=O)Cc1ccc(C#N)c(C(F)F)c1Br. The molecule has 1 rings (SSSR count). The number of hydrogen-bond acceptors (Lipinski definition) is 3. The Morgan fingerprint density at radius 2 is 2.22 bits per heavy atom. The number of nitriles is 1. The highest BCUT2D eigenvalue weighted by atomic mass is 79.9. The molecule has 0 aliphatic carbocycles. The summed E-state index contributed by atoms with van der Waals surface area (Å²) in [4.78, 5) is 11.3. The number of halogens is 3. The molecule has 0 radical (unpaired) electrons. The molecule has 0 aromatic heterocycles. The van der Waals surface area contributed by atoms with Crippen molar-refractivity contribution in [1.29, 1.82) is 5.26 Å². The van der Waals surface area contributed by atoms with Crippen LogP contribution < -0.4 is 0 Å². The average Bonchev–Trinajstić information content (AvgIpc) is 2.31. The van der Waals surface area contributed by atoms with Crippen molar-refractivity contribution in [3.8, 4) is 6.07 Å². The minimum Gasteiger partial charge on any atom is -0.466 e. The number of nitrogens with zero attached hydrogens (tertiary/aromatic N) is 1. The first-order valence-corrected chi connectivity index (χ1v) is 5.95. The van der Waals surface area contributed by atoms with Crippen molar-refractivity contribution in [2.45, 2.75) is 19.8 Å². The summed E-state index contributed by atoms with van der Waals surface area (Å²) in [5.41, 5.74) is -0.119. The zero-order valence-electron chi connectivity index (χ0n) is 9.54. The number of benzene rings is 1. The predicted octanol–water partition coefficient (Wildman–Crippen LogP) is 3.36. The minimum atomic E-state index is -2.78. The maximum atomic E-state index is 12.8. The topological polar surface area (TPSA) is 50.1 Å². The van der Waals surface area contributed by atoms with E-state index in [2.05, 4.69) is 15.9 Å². The molecule has 0 N–H and O–H groups in total. The van der Waals surface area contributed by atoms with Crippen LogP contribution in [0.25, 0.3) is 0 Å². The van der Waals surface area contributed by atoms with E-state index in [0.717, 1.165) is 0 Å². The van der Waals surface area contributed by atoms with E-state index >= 15 is 0 Å². The van der Waals surface area contributed by atoms with Gasteiger partial charge in [-0.25, -0.2) is 8.78 Å². The van der Waals surface area contributed by atoms with Crippen molar-refractivity contribution < 1.29 is 18.3 Å². The summed E-state index contributed by atoms with van der Waals surface area (Å²) < 4.78 is 30.5. The van der Waals surface area contributed by atoms with Crippen LogP contribution in [0.4, 0.5) is 8.78 Å². The van der Waals surface area contributed by atoms with Gasteiger partial charge in [0.15, 0.2) is 0 Å². The molecule has 0 saturated heterocycles. The number of ether oxygens (including phenoxy) is 1. The van der Waals surface area contributed by atoms with E-state index in [0.29, 0.717) is 5.56 Å². The predicted molar refractivity (Wildman–Crippen MR) is 64.2 cm³/mol. The Kier molecular flexibility index (Phi) is 5.23. The molecule has 0 fully saturated rings. The van der Waals surface area contributed by atoms with Gasteiger partial charge in [0, 0.05) is 10.0 Å². The largest absolute Gasteiger partial charge is 0.466 e. The van der Waals surface area contributed by atoms with Crippen LogP contribution in [0.3, 0.4) is 0 Å². The first-order chi connectivity index (χ1) is 8.51. The number of hydrogen-bond donors (Lipinski definition) is 0. The molecule has 0 amide bonds. The van der Waals surface area contributed by atoms with E-state index in [9.17, 15) is 13.6 Å². The van der Waals surface area contributed by atoms with Gasteiger partial charge in [0.2, 0.25) is 0 Å². The molecule has 3 nitrogen and oxygen atoms in total. The van der Waals surface area contributed by atoms with Gasteiger partial charge in [0.05, 0.1) is 24.7 Å².